The number of aryl methyl sites for hydroxylation is 1. The number of allylic oxidation sites excluding steroid dienone is 1. The summed E-state index contributed by atoms with van der Waals surface area (Å²) in [5.41, 5.74) is 7.46. The lowest BCUT2D eigenvalue weighted by Gasteiger charge is -2.03. The quantitative estimate of drug-likeness (QED) is 0.599. The van der Waals surface area contributed by atoms with E-state index < -0.39 is 0 Å². The molecule has 0 amide bonds. The molecule has 0 atom stereocenters. The fourth-order valence-corrected chi connectivity index (χ4v) is 1.02. The summed E-state index contributed by atoms with van der Waals surface area (Å²) >= 11 is 0. The second-order valence-electron chi connectivity index (χ2n) is 2.77. The highest BCUT2D eigenvalue weighted by molar-refractivity contribution is 6.08. The second-order valence-corrected chi connectivity index (χ2v) is 2.77. The smallest absolute Gasteiger partial charge is 0.119 e. The van der Waals surface area contributed by atoms with Crippen LogP contribution >= 0.6 is 0 Å². The van der Waals surface area contributed by atoms with Crippen LogP contribution in [-0.2, 0) is 0 Å². The van der Waals surface area contributed by atoms with E-state index in [2.05, 4.69) is 0 Å². The molecule has 0 bridgehead atoms. The van der Waals surface area contributed by atoms with Gasteiger partial charge in [0.05, 0.1) is 0 Å². The Balaban J connectivity index is 3.17. The largest absolute Gasteiger partial charge is 0.508 e. The van der Waals surface area contributed by atoms with Crippen LogP contribution in [0.15, 0.2) is 24.4 Å². The van der Waals surface area contributed by atoms with E-state index in [0.29, 0.717) is 5.57 Å². The minimum Gasteiger partial charge on any atom is -0.508 e. The molecule has 1 aromatic rings. The standard InChI is InChI=1S/C10H12N2O/c1-7-2-3-8(4-10(7)13)9(5-11)6-12/h2-6,11,13H,12H2,1H3/b9-6+,11-5?. The predicted octanol–water partition coefficient (Wildman–Crippen LogP) is 1.65. The Labute approximate surface area is 77.0 Å². The van der Waals surface area contributed by atoms with Crippen molar-refractivity contribution < 1.29 is 5.11 Å². The molecule has 1 aromatic carbocycles. The van der Waals surface area contributed by atoms with Gasteiger partial charge < -0.3 is 16.2 Å². The summed E-state index contributed by atoms with van der Waals surface area (Å²) in [5.74, 6) is 0.221. The van der Waals surface area contributed by atoms with Crippen molar-refractivity contribution in [2.24, 2.45) is 5.73 Å². The average molecular weight is 176 g/mol. The van der Waals surface area contributed by atoms with Crippen molar-refractivity contribution >= 4 is 11.8 Å². The number of benzene rings is 1. The molecule has 13 heavy (non-hydrogen) atoms. The fraction of sp³-hybridized carbons (Fsp3) is 0.100. The maximum absolute atomic E-state index is 9.40. The number of phenolic OH excluding ortho intramolecular Hbond substituents is 1. The van der Waals surface area contributed by atoms with E-state index in [1.807, 2.05) is 13.0 Å². The van der Waals surface area contributed by atoms with Gasteiger partial charge in [0.2, 0.25) is 0 Å². The summed E-state index contributed by atoms with van der Waals surface area (Å²) in [7, 11) is 0. The number of nitrogens with one attached hydrogen (secondary N) is 1. The molecule has 0 aliphatic carbocycles. The molecule has 0 saturated heterocycles. The van der Waals surface area contributed by atoms with Gasteiger partial charge in [-0.15, -0.1) is 0 Å². The third-order valence-corrected chi connectivity index (χ3v) is 1.88. The van der Waals surface area contributed by atoms with Crippen molar-refractivity contribution in [3.63, 3.8) is 0 Å². The van der Waals surface area contributed by atoms with Gasteiger partial charge in [-0.1, -0.05) is 12.1 Å². The number of nitrogens with two attached hydrogens (primary N) is 1. The lowest BCUT2D eigenvalue weighted by atomic mass is 10.1. The molecule has 0 saturated carbocycles. The van der Waals surface area contributed by atoms with Gasteiger partial charge in [0.1, 0.15) is 5.75 Å². The van der Waals surface area contributed by atoms with Gasteiger partial charge in [-0.2, -0.15) is 0 Å². The first-order valence-corrected chi connectivity index (χ1v) is 3.91. The number of phenols is 1. The summed E-state index contributed by atoms with van der Waals surface area (Å²) in [6.45, 7) is 1.81. The third-order valence-electron chi connectivity index (χ3n) is 1.88. The van der Waals surface area contributed by atoms with Gasteiger partial charge in [-0.3, -0.25) is 0 Å². The Morgan fingerprint density at radius 2 is 2.23 bits per heavy atom. The van der Waals surface area contributed by atoms with Gasteiger partial charge in [0, 0.05) is 18.0 Å². The van der Waals surface area contributed by atoms with E-state index in [-0.39, 0.29) is 5.75 Å². The molecule has 0 fully saturated rings. The fourth-order valence-electron chi connectivity index (χ4n) is 1.02. The Morgan fingerprint density at radius 3 is 2.69 bits per heavy atom. The monoisotopic (exact) mass is 176 g/mol. The molecule has 0 radical (unpaired) electrons. The molecule has 3 heteroatoms. The van der Waals surface area contributed by atoms with Crippen LogP contribution in [0.2, 0.25) is 0 Å². The van der Waals surface area contributed by atoms with E-state index in [1.165, 1.54) is 6.20 Å². The lowest BCUT2D eigenvalue weighted by Crippen LogP contribution is -1.90. The Morgan fingerprint density at radius 1 is 1.54 bits per heavy atom. The van der Waals surface area contributed by atoms with E-state index in [4.69, 9.17) is 11.1 Å². The maximum atomic E-state index is 9.40. The van der Waals surface area contributed by atoms with Gasteiger partial charge in [-0.25, -0.2) is 0 Å². The highest BCUT2D eigenvalue weighted by atomic mass is 16.3. The van der Waals surface area contributed by atoms with Crippen molar-refractivity contribution in [2.45, 2.75) is 6.92 Å². The molecule has 3 nitrogen and oxygen atoms in total. The highest BCUT2D eigenvalue weighted by Crippen LogP contribution is 2.21. The average Bonchev–Trinajstić information content (AvgIpc) is 2.13. The maximum Gasteiger partial charge on any atom is 0.119 e. The zero-order chi connectivity index (χ0) is 9.84. The summed E-state index contributed by atoms with van der Waals surface area (Å²) in [6, 6.07) is 5.20. The first kappa shape index (κ1) is 9.32. The first-order valence-electron chi connectivity index (χ1n) is 3.91. The zero-order valence-electron chi connectivity index (χ0n) is 7.41. The highest BCUT2D eigenvalue weighted by Gasteiger charge is 2.00. The van der Waals surface area contributed by atoms with Crippen molar-refractivity contribution in [3.8, 4) is 5.75 Å². The summed E-state index contributed by atoms with van der Waals surface area (Å²) in [4.78, 5) is 0. The molecule has 0 spiro atoms. The van der Waals surface area contributed by atoms with E-state index in [0.717, 1.165) is 17.3 Å². The van der Waals surface area contributed by atoms with Gasteiger partial charge in [0.25, 0.3) is 0 Å². The van der Waals surface area contributed by atoms with Crippen LogP contribution in [-0.4, -0.2) is 11.3 Å². The molecule has 4 N–H and O–H groups in total. The van der Waals surface area contributed by atoms with Crippen LogP contribution in [0.4, 0.5) is 0 Å². The van der Waals surface area contributed by atoms with Crippen LogP contribution in [0.5, 0.6) is 5.75 Å². The zero-order valence-corrected chi connectivity index (χ0v) is 7.41. The van der Waals surface area contributed by atoms with Crippen LogP contribution < -0.4 is 5.73 Å². The molecule has 0 aliphatic heterocycles. The molecule has 0 aliphatic rings. The topological polar surface area (TPSA) is 70.1 Å². The Bertz CT molecular complexity index is 356. The Kier molecular flexibility index (Phi) is 2.69. The molecule has 0 heterocycles. The second kappa shape index (κ2) is 3.76. The first-order chi connectivity index (χ1) is 6.19. The number of aromatic hydroxyl groups is 1. The summed E-state index contributed by atoms with van der Waals surface area (Å²) < 4.78 is 0. The Hall–Kier alpha value is -1.77. The minimum atomic E-state index is 0.221. The van der Waals surface area contributed by atoms with E-state index in [9.17, 15) is 5.11 Å². The van der Waals surface area contributed by atoms with Gasteiger partial charge in [-0.05, 0) is 24.1 Å². The minimum absolute atomic E-state index is 0.221. The van der Waals surface area contributed by atoms with Crippen LogP contribution in [0, 0.1) is 12.3 Å². The van der Waals surface area contributed by atoms with Crippen molar-refractivity contribution in [2.75, 3.05) is 0 Å². The van der Waals surface area contributed by atoms with Crippen LogP contribution in [0.3, 0.4) is 0 Å². The number of hydrogen-bond donors (Lipinski definition) is 3. The molecule has 0 unspecified atom stereocenters. The van der Waals surface area contributed by atoms with E-state index in [1.54, 1.807) is 12.1 Å². The van der Waals surface area contributed by atoms with E-state index >= 15 is 0 Å². The summed E-state index contributed by atoms with van der Waals surface area (Å²) in [5, 5.41) is 16.5. The van der Waals surface area contributed by atoms with Gasteiger partial charge in [0.15, 0.2) is 0 Å². The van der Waals surface area contributed by atoms with Crippen molar-refractivity contribution in [1.82, 2.24) is 0 Å². The van der Waals surface area contributed by atoms with Crippen molar-refractivity contribution in [1.29, 1.82) is 5.41 Å². The SMILES string of the molecule is Cc1ccc(/C(C=N)=C/N)cc1O. The number of rotatable bonds is 2. The molecular weight excluding hydrogens is 164 g/mol. The lowest BCUT2D eigenvalue weighted by molar-refractivity contribution is 0.471. The molecule has 68 valence electrons. The normalized spacial score (nSPS) is 11.3. The van der Waals surface area contributed by atoms with Crippen LogP contribution in [0.25, 0.3) is 5.57 Å². The molecule has 1 rings (SSSR count). The third kappa shape index (κ3) is 1.87. The molecule has 0 aromatic heterocycles. The molecular formula is C10H12N2O. The number of hydrogen-bond acceptors (Lipinski definition) is 3. The summed E-state index contributed by atoms with van der Waals surface area (Å²) in [6.07, 6.45) is 2.50. The predicted molar refractivity (Wildman–Crippen MR) is 53.8 cm³/mol. The van der Waals surface area contributed by atoms with Crippen molar-refractivity contribution in [3.05, 3.63) is 35.5 Å². The van der Waals surface area contributed by atoms with Gasteiger partial charge >= 0.3 is 0 Å². The van der Waals surface area contributed by atoms with Crippen LogP contribution in [0.1, 0.15) is 11.1 Å².